The van der Waals surface area contributed by atoms with Crippen molar-refractivity contribution in [2.24, 2.45) is 5.73 Å². The Morgan fingerprint density at radius 3 is 2.05 bits per heavy atom. The third kappa shape index (κ3) is 5.17. The Hall–Kier alpha value is -1.13. The molecule has 0 saturated carbocycles. The predicted molar refractivity (Wildman–Crippen MR) is 79.9 cm³/mol. The molecule has 19 heavy (non-hydrogen) atoms. The van der Waals surface area contributed by atoms with Crippen molar-refractivity contribution < 1.29 is 14.2 Å². The van der Waals surface area contributed by atoms with Gasteiger partial charge in [-0.05, 0) is 37.5 Å². The van der Waals surface area contributed by atoms with Gasteiger partial charge in [-0.2, -0.15) is 0 Å². The van der Waals surface area contributed by atoms with Crippen LogP contribution in [0.3, 0.4) is 0 Å². The molecule has 0 spiro atoms. The van der Waals surface area contributed by atoms with Gasteiger partial charge in [0.2, 0.25) is 5.75 Å². The lowest BCUT2D eigenvalue weighted by atomic mass is 10.1. The van der Waals surface area contributed by atoms with Crippen LogP contribution in [0.15, 0.2) is 12.1 Å². The molecule has 0 aliphatic carbocycles. The number of hydrogen-bond donors (Lipinski definition) is 1. The first-order valence-electron chi connectivity index (χ1n) is 6.25. The van der Waals surface area contributed by atoms with Gasteiger partial charge in [0.15, 0.2) is 11.5 Å². The zero-order valence-electron chi connectivity index (χ0n) is 12.1. The minimum absolute atomic E-state index is 0. The van der Waals surface area contributed by atoms with Gasteiger partial charge in [0, 0.05) is 6.04 Å². The normalized spacial score (nSPS) is 11.4. The average Bonchev–Trinajstić information content (AvgIpc) is 2.35. The molecule has 1 aromatic rings. The molecular formula is C14H24ClNO3. The molecule has 0 bridgehead atoms. The fraction of sp³-hybridized carbons (Fsp3) is 0.571. The topological polar surface area (TPSA) is 53.7 Å². The van der Waals surface area contributed by atoms with Gasteiger partial charge in [-0.3, -0.25) is 0 Å². The molecule has 0 amide bonds. The molecule has 2 N–H and O–H groups in total. The summed E-state index contributed by atoms with van der Waals surface area (Å²) in [5, 5.41) is 0. The molecule has 0 radical (unpaired) electrons. The molecule has 0 saturated heterocycles. The van der Waals surface area contributed by atoms with Crippen LogP contribution in [-0.2, 0) is 6.42 Å². The van der Waals surface area contributed by atoms with Crippen molar-refractivity contribution in [1.29, 1.82) is 0 Å². The molecule has 5 heteroatoms. The SMILES string of the molecule is CCCOc1c(OC)cc(CC(C)N)cc1OC.Cl. The van der Waals surface area contributed by atoms with Crippen molar-refractivity contribution in [3.8, 4) is 17.2 Å². The highest BCUT2D eigenvalue weighted by Crippen LogP contribution is 2.38. The summed E-state index contributed by atoms with van der Waals surface area (Å²) in [6.45, 7) is 4.67. The maximum atomic E-state index is 5.81. The molecule has 4 nitrogen and oxygen atoms in total. The van der Waals surface area contributed by atoms with Crippen LogP contribution in [0.1, 0.15) is 25.8 Å². The Bertz CT molecular complexity index is 358. The summed E-state index contributed by atoms with van der Waals surface area (Å²) in [7, 11) is 3.26. The highest BCUT2D eigenvalue weighted by molar-refractivity contribution is 5.85. The van der Waals surface area contributed by atoms with Gasteiger partial charge in [-0.15, -0.1) is 12.4 Å². The second-order valence-electron chi connectivity index (χ2n) is 4.36. The van der Waals surface area contributed by atoms with E-state index in [9.17, 15) is 0 Å². The number of rotatable bonds is 7. The maximum Gasteiger partial charge on any atom is 0.203 e. The number of nitrogens with two attached hydrogens (primary N) is 1. The molecule has 0 aromatic heterocycles. The van der Waals surface area contributed by atoms with E-state index in [1.165, 1.54) is 0 Å². The summed E-state index contributed by atoms with van der Waals surface area (Å²) in [5.41, 5.74) is 6.90. The molecule has 0 aliphatic heterocycles. The van der Waals surface area contributed by atoms with Crippen LogP contribution in [0.25, 0.3) is 0 Å². The molecule has 1 unspecified atom stereocenters. The van der Waals surface area contributed by atoms with E-state index in [1.54, 1.807) is 14.2 Å². The van der Waals surface area contributed by atoms with Gasteiger partial charge in [0.1, 0.15) is 0 Å². The Kier molecular flexibility index (Phi) is 8.35. The molecule has 0 fully saturated rings. The summed E-state index contributed by atoms with van der Waals surface area (Å²) in [5.74, 6) is 2.05. The fourth-order valence-electron chi connectivity index (χ4n) is 1.77. The van der Waals surface area contributed by atoms with Gasteiger partial charge in [0.25, 0.3) is 0 Å². The van der Waals surface area contributed by atoms with Gasteiger partial charge in [0.05, 0.1) is 20.8 Å². The van der Waals surface area contributed by atoms with Gasteiger partial charge in [-0.1, -0.05) is 6.92 Å². The first-order valence-corrected chi connectivity index (χ1v) is 6.25. The molecular weight excluding hydrogens is 266 g/mol. The number of benzene rings is 1. The Morgan fingerprint density at radius 1 is 1.16 bits per heavy atom. The lowest BCUT2D eigenvalue weighted by Crippen LogP contribution is -2.17. The zero-order valence-corrected chi connectivity index (χ0v) is 12.9. The molecule has 1 atom stereocenters. The van der Waals surface area contributed by atoms with Crippen molar-refractivity contribution >= 4 is 12.4 Å². The smallest absolute Gasteiger partial charge is 0.203 e. The molecule has 110 valence electrons. The third-order valence-corrected chi connectivity index (χ3v) is 2.53. The quantitative estimate of drug-likeness (QED) is 0.839. The summed E-state index contributed by atoms with van der Waals surface area (Å²) in [6.07, 6.45) is 1.72. The van der Waals surface area contributed by atoms with E-state index in [2.05, 4.69) is 6.92 Å². The van der Waals surface area contributed by atoms with E-state index >= 15 is 0 Å². The van der Waals surface area contributed by atoms with E-state index in [0.29, 0.717) is 23.9 Å². The summed E-state index contributed by atoms with van der Waals surface area (Å²) in [4.78, 5) is 0. The van der Waals surface area contributed by atoms with Gasteiger partial charge >= 0.3 is 0 Å². The first-order chi connectivity index (χ1) is 8.62. The Morgan fingerprint density at radius 2 is 1.68 bits per heavy atom. The van der Waals surface area contributed by atoms with Crippen molar-refractivity contribution in [2.45, 2.75) is 32.7 Å². The summed E-state index contributed by atoms with van der Waals surface area (Å²) < 4.78 is 16.4. The van der Waals surface area contributed by atoms with E-state index in [0.717, 1.165) is 18.4 Å². The van der Waals surface area contributed by atoms with E-state index in [-0.39, 0.29) is 18.4 Å². The van der Waals surface area contributed by atoms with Gasteiger partial charge in [-0.25, -0.2) is 0 Å². The van der Waals surface area contributed by atoms with Crippen LogP contribution in [0.2, 0.25) is 0 Å². The van der Waals surface area contributed by atoms with Crippen LogP contribution < -0.4 is 19.9 Å². The Labute approximate surface area is 121 Å². The lowest BCUT2D eigenvalue weighted by molar-refractivity contribution is 0.274. The van der Waals surface area contributed by atoms with Crippen LogP contribution >= 0.6 is 12.4 Å². The fourth-order valence-corrected chi connectivity index (χ4v) is 1.77. The average molecular weight is 290 g/mol. The predicted octanol–water partition coefficient (Wildman–Crippen LogP) is 2.80. The van der Waals surface area contributed by atoms with Crippen molar-refractivity contribution in [3.05, 3.63) is 17.7 Å². The largest absolute Gasteiger partial charge is 0.493 e. The standard InChI is InChI=1S/C14H23NO3.ClH/c1-5-6-18-14-12(16-3)8-11(7-10(2)15)9-13(14)17-4;/h8-10H,5-7,15H2,1-4H3;1H. The number of halogens is 1. The minimum Gasteiger partial charge on any atom is -0.493 e. The lowest BCUT2D eigenvalue weighted by Gasteiger charge is -2.16. The van der Waals surface area contributed by atoms with Crippen LogP contribution in [0, 0.1) is 0 Å². The highest BCUT2D eigenvalue weighted by atomic mass is 35.5. The van der Waals surface area contributed by atoms with Crippen LogP contribution in [0.4, 0.5) is 0 Å². The summed E-state index contributed by atoms with van der Waals surface area (Å²) in [6, 6.07) is 4.01. The van der Waals surface area contributed by atoms with E-state index in [4.69, 9.17) is 19.9 Å². The second-order valence-corrected chi connectivity index (χ2v) is 4.36. The monoisotopic (exact) mass is 289 g/mol. The highest BCUT2D eigenvalue weighted by Gasteiger charge is 2.14. The zero-order chi connectivity index (χ0) is 13.5. The minimum atomic E-state index is 0. The van der Waals surface area contributed by atoms with E-state index in [1.807, 2.05) is 19.1 Å². The molecule has 1 rings (SSSR count). The summed E-state index contributed by atoms with van der Waals surface area (Å²) >= 11 is 0. The number of ether oxygens (including phenoxy) is 3. The first kappa shape index (κ1) is 17.9. The molecule has 0 aliphatic rings. The van der Waals surface area contributed by atoms with Crippen molar-refractivity contribution in [3.63, 3.8) is 0 Å². The van der Waals surface area contributed by atoms with Crippen LogP contribution in [0.5, 0.6) is 17.2 Å². The van der Waals surface area contributed by atoms with E-state index < -0.39 is 0 Å². The number of hydrogen-bond acceptors (Lipinski definition) is 4. The second kappa shape index (κ2) is 8.88. The molecule has 0 heterocycles. The van der Waals surface area contributed by atoms with Crippen molar-refractivity contribution in [1.82, 2.24) is 0 Å². The molecule has 1 aromatic carbocycles. The Balaban J connectivity index is 0.00000324. The number of methoxy groups -OCH3 is 2. The third-order valence-electron chi connectivity index (χ3n) is 2.53. The van der Waals surface area contributed by atoms with Gasteiger partial charge < -0.3 is 19.9 Å². The maximum absolute atomic E-state index is 5.81. The van der Waals surface area contributed by atoms with Crippen molar-refractivity contribution in [2.75, 3.05) is 20.8 Å². The van der Waals surface area contributed by atoms with Crippen LogP contribution in [-0.4, -0.2) is 26.9 Å².